The minimum atomic E-state index is -4.33. The van der Waals surface area contributed by atoms with Crippen LogP contribution in [0.5, 0.6) is 0 Å². The van der Waals surface area contributed by atoms with Crippen LogP contribution < -0.4 is 64.8 Å². The van der Waals surface area contributed by atoms with Gasteiger partial charge in [-0.25, -0.2) is 0 Å². The SMILES string of the molecule is CC(N)=S.O=S([O-])([O-])=S.[Na+].[Na+]. The summed E-state index contributed by atoms with van der Waals surface area (Å²) >= 11 is 7.56. The smallest absolute Gasteiger partial charge is 0.780 e. The van der Waals surface area contributed by atoms with Crippen molar-refractivity contribution in [2.24, 2.45) is 5.73 Å². The molecule has 0 rings (SSSR count). The van der Waals surface area contributed by atoms with E-state index in [2.05, 4.69) is 23.4 Å². The molecule has 0 heterocycles. The van der Waals surface area contributed by atoms with Crippen LogP contribution in [0, 0.1) is 0 Å². The summed E-state index contributed by atoms with van der Waals surface area (Å²) in [4.78, 5) is 0.500. The second kappa shape index (κ2) is 12.2. The van der Waals surface area contributed by atoms with Gasteiger partial charge in [-0.1, -0.05) is 12.2 Å². The average molecular weight is 233 g/mol. The molecule has 0 saturated carbocycles. The number of nitrogens with two attached hydrogens (primary N) is 1. The molecule has 0 radical (unpaired) electrons. The molecule has 0 atom stereocenters. The third-order valence-corrected chi connectivity index (χ3v) is 0. The molecule has 0 aliphatic carbocycles. The van der Waals surface area contributed by atoms with E-state index in [1.165, 1.54) is 0 Å². The molecule has 0 aromatic rings. The molecular formula is C2H5NNa2O3S3. The normalized spacial score (nSPS) is 7.55. The zero-order chi connectivity index (χ0) is 8.08. The van der Waals surface area contributed by atoms with Crippen LogP contribution in [0.1, 0.15) is 6.92 Å². The first-order chi connectivity index (χ1) is 3.73. The first kappa shape index (κ1) is 23.2. The van der Waals surface area contributed by atoms with Crippen molar-refractivity contribution in [2.45, 2.75) is 6.92 Å². The number of thiocarbonyl (C=S) groups is 1. The third-order valence-electron chi connectivity index (χ3n) is 0. The van der Waals surface area contributed by atoms with Crippen LogP contribution in [0.3, 0.4) is 0 Å². The van der Waals surface area contributed by atoms with Gasteiger partial charge in [0.1, 0.15) is 0 Å². The Bertz CT molecular complexity index is 167. The summed E-state index contributed by atoms with van der Waals surface area (Å²) in [6.45, 7) is 1.68. The summed E-state index contributed by atoms with van der Waals surface area (Å²) in [5.74, 6) is 0. The Morgan fingerprint density at radius 3 is 1.45 bits per heavy atom. The zero-order valence-corrected chi connectivity index (χ0v) is 13.0. The van der Waals surface area contributed by atoms with E-state index in [0.717, 1.165) is 0 Å². The summed E-state index contributed by atoms with van der Waals surface area (Å²) in [6, 6.07) is 0. The maximum absolute atomic E-state index is 8.89. The van der Waals surface area contributed by atoms with Crippen molar-refractivity contribution in [1.29, 1.82) is 0 Å². The standard InChI is InChI=1S/C2H5NS.2Na.H2O3S2/c1-2(3)4;;;1-5(2,3)4/h1H3,(H2,3,4);;;(H2,1,2,3,4)/q;2*+1;/p-2. The van der Waals surface area contributed by atoms with Gasteiger partial charge >= 0.3 is 59.1 Å². The van der Waals surface area contributed by atoms with Crippen LogP contribution in [0.4, 0.5) is 0 Å². The van der Waals surface area contributed by atoms with Crippen molar-refractivity contribution in [3.05, 3.63) is 0 Å². The maximum Gasteiger partial charge on any atom is 1.00 e. The number of hydrogen-bond donors (Lipinski definition) is 1. The van der Waals surface area contributed by atoms with Crippen molar-refractivity contribution in [3.63, 3.8) is 0 Å². The molecule has 9 heteroatoms. The van der Waals surface area contributed by atoms with Crippen LogP contribution in [0.2, 0.25) is 0 Å². The molecule has 0 aliphatic heterocycles. The Balaban J connectivity index is -0.0000000383. The van der Waals surface area contributed by atoms with Gasteiger partial charge in [0, 0.05) is 0 Å². The average Bonchev–Trinajstić information content (AvgIpc) is 1.19. The summed E-state index contributed by atoms with van der Waals surface area (Å²) in [5.41, 5.74) is 4.84. The molecule has 0 amide bonds. The Morgan fingerprint density at radius 2 is 1.45 bits per heavy atom. The van der Waals surface area contributed by atoms with Gasteiger partial charge in [0.25, 0.3) is 0 Å². The number of rotatable bonds is 0. The Morgan fingerprint density at radius 1 is 1.45 bits per heavy atom. The van der Waals surface area contributed by atoms with Gasteiger partial charge < -0.3 is 14.8 Å². The van der Waals surface area contributed by atoms with Crippen LogP contribution in [-0.4, -0.2) is 18.3 Å². The first-order valence-corrected chi connectivity index (χ1v) is 4.40. The molecule has 11 heavy (non-hydrogen) atoms. The minimum absolute atomic E-state index is 0. The predicted molar refractivity (Wildman–Crippen MR) is 39.5 cm³/mol. The van der Waals surface area contributed by atoms with Crippen molar-refractivity contribution in [3.8, 4) is 0 Å². The van der Waals surface area contributed by atoms with E-state index in [9.17, 15) is 0 Å². The summed E-state index contributed by atoms with van der Waals surface area (Å²) in [5, 5.41) is 0. The van der Waals surface area contributed by atoms with Gasteiger partial charge in [-0.2, -0.15) is 0 Å². The monoisotopic (exact) mass is 233 g/mol. The van der Waals surface area contributed by atoms with Gasteiger partial charge in [-0.05, 0) is 18.1 Å². The Labute approximate surface area is 121 Å². The van der Waals surface area contributed by atoms with E-state index in [-0.39, 0.29) is 59.1 Å². The predicted octanol–water partition coefficient (Wildman–Crippen LogP) is -6.71. The fraction of sp³-hybridized carbons (Fsp3) is 0.500. The summed E-state index contributed by atoms with van der Waals surface area (Å²) in [7, 11) is -4.33. The molecule has 4 nitrogen and oxygen atoms in total. The molecule has 0 aliphatic rings. The fourth-order valence-electron chi connectivity index (χ4n) is 0. The van der Waals surface area contributed by atoms with E-state index >= 15 is 0 Å². The van der Waals surface area contributed by atoms with Gasteiger partial charge in [-0.3, -0.25) is 4.21 Å². The second-order valence-electron chi connectivity index (χ2n) is 1.02. The molecule has 0 fully saturated rings. The van der Waals surface area contributed by atoms with Gasteiger partial charge in [-0.15, -0.1) is 9.05 Å². The molecular weight excluding hydrogens is 228 g/mol. The van der Waals surface area contributed by atoms with Gasteiger partial charge in [0.05, 0.1) is 4.99 Å². The van der Waals surface area contributed by atoms with Gasteiger partial charge in [0.2, 0.25) is 0 Å². The molecule has 56 valence electrons. The van der Waals surface area contributed by atoms with E-state index in [0.29, 0.717) is 4.99 Å². The molecule has 0 aromatic carbocycles. The Hall–Kier alpha value is 2.18. The number of hydrogen-bond acceptors (Lipinski definition) is 5. The molecule has 0 aromatic heterocycles. The zero-order valence-electron chi connectivity index (χ0n) is 6.53. The molecule has 0 unspecified atom stereocenters. The van der Waals surface area contributed by atoms with Crippen LogP contribution >= 0.6 is 12.2 Å². The molecule has 2 N–H and O–H groups in total. The molecule has 0 spiro atoms. The molecule has 0 saturated heterocycles. The summed E-state index contributed by atoms with van der Waals surface area (Å²) < 4.78 is 26.7. The van der Waals surface area contributed by atoms with Crippen LogP contribution in [-0.2, 0) is 20.2 Å². The first-order valence-electron chi connectivity index (χ1n) is 1.66. The van der Waals surface area contributed by atoms with E-state index in [4.69, 9.17) is 19.0 Å². The van der Waals surface area contributed by atoms with E-state index in [1.807, 2.05) is 0 Å². The van der Waals surface area contributed by atoms with Crippen molar-refractivity contribution >= 4 is 37.4 Å². The van der Waals surface area contributed by atoms with Crippen molar-refractivity contribution in [2.75, 3.05) is 0 Å². The van der Waals surface area contributed by atoms with Gasteiger partial charge in [0.15, 0.2) is 0 Å². The molecule has 0 bridgehead atoms. The quantitative estimate of drug-likeness (QED) is 0.330. The second-order valence-corrected chi connectivity index (χ2v) is 3.70. The summed E-state index contributed by atoms with van der Waals surface area (Å²) in [6.07, 6.45) is 0. The van der Waals surface area contributed by atoms with Crippen molar-refractivity contribution in [1.82, 2.24) is 0 Å². The van der Waals surface area contributed by atoms with Crippen LogP contribution in [0.25, 0.3) is 0 Å². The van der Waals surface area contributed by atoms with Crippen LogP contribution in [0.15, 0.2) is 0 Å². The largest absolute Gasteiger partial charge is 1.00 e. The van der Waals surface area contributed by atoms with Crippen molar-refractivity contribution < 1.29 is 72.4 Å². The maximum atomic E-state index is 8.89. The topological polar surface area (TPSA) is 89.2 Å². The third kappa shape index (κ3) is 266. The fourth-order valence-corrected chi connectivity index (χ4v) is 0. The van der Waals surface area contributed by atoms with E-state index < -0.39 is 9.05 Å². The van der Waals surface area contributed by atoms with E-state index in [1.54, 1.807) is 6.92 Å². The Kier molecular flexibility index (Phi) is 25.7. The minimum Gasteiger partial charge on any atom is -0.780 e.